The number of aliphatic imine (C=N–C) groups is 1. The first-order valence-electron chi connectivity index (χ1n) is 6.99. The summed E-state index contributed by atoms with van der Waals surface area (Å²) in [7, 11) is -2.99. The fourth-order valence-electron chi connectivity index (χ4n) is 2.93. The first-order valence-corrected chi connectivity index (χ1v) is 9.69. The standard InChI is InChI=1S/C13H18N2O4S2/c1-2-5-15-9-7-21(17,18)8-11(9)20-13(15)14-12(16)10-4-3-6-19-10/h2,9-11H,1,3-8H2/t9-,10-,11+/m0/s1. The maximum Gasteiger partial charge on any atom is 0.277 e. The lowest BCUT2D eigenvalue weighted by atomic mass is 10.2. The topological polar surface area (TPSA) is 76.0 Å². The molecule has 3 atom stereocenters. The van der Waals surface area contributed by atoms with Crippen molar-refractivity contribution in [3.05, 3.63) is 12.7 Å². The Morgan fingerprint density at radius 1 is 1.52 bits per heavy atom. The summed E-state index contributed by atoms with van der Waals surface area (Å²) in [4.78, 5) is 18.2. The van der Waals surface area contributed by atoms with E-state index in [1.54, 1.807) is 6.08 Å². The van der Waals surface area contributed by atoms with Crippen LogP contribution in [0.2, 0.25) is 0 Å². The van der Waals surface area contributed by atoms with E-state index in [9.17, 15) is 13.2 Å². The molecule has 3 aliphatic heterocycles. The van der Waals surface area contributed by atoms with Gasteiger partial charge in [-0.05, 0) is 12.8 Å². The third-order valence-electron chi connectivity index (χ3n) is 3.91. The van der Waals surface area contributed by atoms with E-state index in [1.165, 1.54) is 11.8 Å². The fraction of sp³-hybridized carbons (Fsp3) is 0.692. The number of rotatable bonds is 3. The number of fused-ring (bicyclic) bond motifs is 1. The van der Waals surface area contributed by atoms with Gasteiger partial charge in [0.05, 0.1) is 17.5 Å². The smallest absolute Gasteiger partial charge is 0.277 e. The van der Waals surface area contributed by atoms with Crippen LogP contribution >= 0.6 is 11.8 Å². The predicted molar refractivity (Wildman–Crippen MR) is 82.1 cm³/mol. The molecule has 0 spiro atoms. The van der Waals surface area contributed by atoms with Gasteiger partial charge in [0.1, 0.15) is 6.10 Å². The maximum atomic E-state index is 12.1. The average Bonchev–Trinajstić information content (AvgIpc) is 3.08. The lowest BCUT2D eigenvalue weighted by Gasteiger charge is -2.22. The van der Waals surface area contributed by atoms with Gasteiger partial charge in [0, 0.05) is 18.4 Å². The van der Waals surface area contributed by atoms with Gasteiger partial charge >= 0.3 is 0 Å². The van der Waals surface area contributed by atoms with Crippen molar-refractivity contribution in [2.24, 2.45) is 4.99 Å². The van der Waals surface area contributed by atoms with Gasteiger partial charge in [-0.2, -0.15) is 4.99 Å². The molecule has 0 saturated carbocycles. The number of thioether (sulfide) groups is 1. The van der Waals surface area contributed by atoms with Crippen LogP contribution in [0, 0.1) is 0 Å². The van der Waals surface area contributed by atoms with Crippen LogP contribution in [0.1, 0.15) is 12.8 Å². The minimum absolute atomic E-state index is 0.0361. The van der Waals surface area contributed by atoms with Gasteiger partial charge in [0.2, 0.25) is 0 Å². The van der Waals surface area contributed by atoms with Gasteiger partial charge in [-0.15, -0.1) is 6.58 Å². The molecule has 0 bridgehead atoms. The summed E-state index contributed by atoms with van der Waals surface area (Å²) in [5.41, 5.74) is 0. The summed E-state index contributed by atoms with van der Waals surface area (Å²) >= 11 is 1.39. The molecule has 3 heterocycles. The molecule has 0 unspecified atom stereocenters. The lowest BCUT2D eigenvalue weighted by molar-refractivity contribution is -0.126. The summed E-state index contributed by atoms with van der Waals surface area (Å²) in [6, 6.07) is -0.103. The highest BCUT2D eigenvalue weighted by molar-refractivity contribution is 8.15. The van der Waals surface area contributed by atoms with Crippen LogP contribution in [0.3, 0.4) is 0 Å². The summed E-state index contributed by atoms with van der Waals surface area (Å²) < 4.78 is 28.8. The molecule has 0 radical (unpaired) electrons. The van der Waals surface area contributed by atoms with E-state index in [-0.39, 0.29) is 28.7 Å². The van der Waals surface area contributed by atoms with Gasteiger partial charge in [-0.25, -0.2) is 8.42 Å². The first-order chi connectivity index (χ1) is 10.00. The van der Waals surface area contributed by atoms with E-state index < -0.39 is 15.9 Å². The number of nitrogens with zero attached hydrogens (tertiary/aromatic N) is 2. The Balaban J connectivity index is 1.79. The lowest BCUT2D eigenvalue weighted by Crippen LogP contribution is -2.38. The Kier molecular flexibility index (Phi) is 4.11. The second-order valence-electron chi connectivity index (χ2n) is 5.48. The van der Waals surface area contributed by atoms with Crippen LogP contribution in [-0.4, -0.2) is 66.4 Å². The minimum atomic E-state index is -2.99. The molecule has 6 nitrogen and oxygen atoms in total. The van der Waals surface area contributed by atoms with Crippen molar-refractivity contribution in [2.75, 3.05) is 24.7 Å². The number of hydrogen-bond acceptors (Lipinski definition) is 5. The van der Waals surface area contributed by atoms with E-state index in [2.05, 4.69) is 11.6 Å². The zero-order chi connectivity index (χ0) is 15.0. The third kappa shape index (κ3) is 3.02. The number of carbonyl (C=O) groups excluding carboxylic acids is 1. The van der Waals surface area contributed by atoms with Gasteiger partial charge in [-0.1, -0.05) is 17.8 Å². The SMILES string of the molecule is C=CCN1C(=NC(=O)[C@@H]2CCCO2)S[C@@H]2CS(=O)(=O)C[C@@H]21. The van der Waals surface area contributed by atoms with E-state index in [4.69, 9.17) is 4.74 Å². The molecule has 0 N–H and O–H groups in total. The fourth-order valence-corrected chi connectivity index (χ4v) is 6.89. The monoisotopic (exact) mass is 330 g/mol. The second-order valence-corrected chi connectivity index (χ2v) is 8.84. The van der Waals surface area contributed by atoms with Crippen molar-refractivity contribution >= 4 is 32.7 Å². The number of carbonyl (C=O) groups is 1. The molecule has 116 valence electrons. The van der Waals surface area contributed by atoms with E-state index in [0.29, 0.717) is 24.7 Å². The third-order valence-corrected chi connectivity index (χ3v) is 7.16. The Morgan fingerprint density at radius 2 is 2.33 bits per heavy atom. The van der Waals surface area contributed by atoms with E-state index in [1.807, 2.05) is 4.90 Å². The maximum absolute atomic E-state index is 12.1. The van der Waals surface area contributed by atoms with Crippen molar-refractivity contribution in [1.29, 1.82) is 0 Å². The van der Waals surface area contributed by atoms with Crippen molar-refractivity contribution in [3.8, 4) is 0 Å². The Hall–Kier alpha value is -0.860. The summed E-state index contributed by atoms with van der Waals surface area (Å²) in [6.45, 7) is 4.81. The largest absolute Gasteiger partial charge is 0.368 e. The molecule has 1 amide bonds. The van der Waals surface area contributed by atoms with Gasteiger partial charge in [-0.3, -0.25) is 4.79 Å². The Bertz CT molecular complexity index is 581. The van der Waals surface area contributed by atoms with Crippen molar-refractivity contribution < 1.29 is 17.9 Å². The molecule has 3 aliphatic rings. The van der Waals surface area contributed by atoms with Crippen LogP contribution in [0.25, 0.3) is 0 Å². The minimum Gasteiger partial charge on any atom is -0.368 e. The van der Waals surface area contributed by atoms with Gasteiger partial charge in [0.25, 0.3) is 5.91 Å². The molecule has 21 heavy (non-hydrogen) atoms. The average molecular weight is 330 g/mol. The zero-order valence-corrected chi connectivity index (χ0v) is 13.2. The summed E-state index contributed by atoms with van der Waals surface area (Å²) in [5, 5.41) is 0.575. The Morgan fingerprint density at radius 3 is 3.00 bits per heavy atom. The molecule has 3 rings (SSSR count). The quantitative estimate of drug-likeness (QED) is 0.699. The van der Waals surface area contributed by atoms with Crippen molar-refractivity contribution in [2.45, 2.75) is 30.2 Å². The number of sulfone groups is 1. The number of amides is 1. The molecule has 3 saturated heterocycles. The zero-order valence-electron chi connectivity index (χ0n) is 11.6. The normalized spacial score (nSPS) is 36.1. The van der Waals surface area contributed by atoms with Crippen LogP contribution < -0.4 is 0 Å². The number of hydrogen-bond donors (Lipinski definition) is 0. The van der Waals surface area contributed by atoms with Crippen molar-refractivity contribution in [3.63, 3.8) is 0 Å². The highest BCUT2D eigenvalue weighted by Crippen LogP contribution is 2.38. The first kappa shape index (κ1) is 15.1. The molecule has 0 aromatic heterocycles. The molecular weight excluding hydrogens is 312 g/mol. The molecule has 3 fully saturated rings. The number of ether oxygens (including phenoxy) is 1. The molecule has 0 aromatic carbocycles. The van der Waals surface area contributed by atoms with E-state index >= 15 is 0 Å². The predicted octanol–water partition coefficient (Wildman–Crippen LogP) is 0.448. The molecule has 8 heteroatoms. The summed E-state index contributed by atoms with van der Waals surface area (Å²) in [6.07, 6.45) is 2.87. The van der Waals surface area contributed by atoms with Crippen LogP contribution in [0.15, 0.2) is 17.6 Å². The summed E-state index contributed by atoms with van der Waals surface area (Å²) in [5.74, 6) is 0.0290. The van der Waals surface area contributed by atoms with Crippen LogP contribution in [0.5, 0.6) is 0 Å². The van der Waals surface area contributed by atoms with Crippen LogP contribution in [0.4, 0.5) is 0 Å². The van der Waals surface area contributed by atoms with Gasteiger partial charge < -0.3 is 9.64 Å². The molecule has 0 aliphatic carbocycles. The highest BCUT2D eigenvalue weighted by Gasteiger charge is 2.48. The van der Waals surface area contributed by atoms with Crippen molar-refractivity contribution in [1.82, 2.24) is 4.90 Å². The molecular formula is C13H18N2O4S2. The highest BCUT2D eigenvalue weighted by atomic mass is 32.2. The van der Waals surface area contributed by atoms with Gasteiger partial charge in [0.15, 0.2) is 15.0 Å². The second kappa shape index (κ2) is 5.73. The van der Waals surface area contributed by atoms with Crippen LogP contribution in [-0.2, 0) is 19.4 Å². The Labute approximate surface area is 128 Å². The van der Waals surface area contributed by atoms with E-state index in [0.717, 1.165) is 6.42 Å². The number of amidine groups is 1. The molecule has 0 aromatic rings.